The fourth-order valence-electron chi connectivity index (χ4n) is 2.80. The molecule has 0 N–H and O–H groups in total. The first-order valence-electron chi connectivity index (χ1n) is 8.96. The van der Waals surface area contributed by atoms with Gasteiger partial charge in [0.05, 0.1) is 0 Å². The molecule has 0 aromatic rings. The Balaban J connectivity index is 0.000000339. The van der Waals surface area contributed by atoms with Gasteiger partial charge in [0.1, 0.15) is 0 Å². The van der Waals surface area contributed by atoms with Crippen molar-refractivity contribution >= 4 is 43.8 Å². The normalized spacial score (nSPS) is 19.2. The van der Waals surface area contributed by atoms with E-state index in [2.05, 4.69) is 0 Å². The quantitative estimate of drug-likeness (QED) is 0.529. The molecule has 0 atom stereocenters. The van der Waals surface area contributed by atoms with E-state index in [4.69, 9.17) is 0 Å². The molecule has 0 aliphatic heterocycles. The van der Waals surface area contributed by atoms with E-state index in [0.717, 1.165) is 38.5 Å². The Hall–Kier alpha value is -0.720. The third kappa shape index (κ3) is 12.3. The van der Waals surface area contributed by atoms with Crippen molar-refractivity contribution in [2.45, 2.75) is 77.0 Å². The van der Waals surface area contributed by atoms with Gasteiger partial charge in [-0.25, -0.2) is 0 Å². The number of rotatable bonds is 6. The van der Waals surface area contributed by atoms with Crippen LogP contribution in [0.15, 0.2) is 0 Å². The summed E-state index contributed by atoms with van der Waals surface area (Å²) >= 11 is 0. The zero-order valence-electron chi connectivity index (χ0n) is 14.7. The van der Waals surface area contributed by atoms with Crippen molar-refractivity contribution in [2.75, 3.05) is 0 Å². The number of hydrogen-bond donors (Lipinski definition) is 0. The van der Waals surface area contributed by atoms with Gasteiger partial charge in [-0.05, 0) is 37.0 Å². The molecule has 0 radical (unpaired) electrons. The van der Waals surface area contributed by atoms with Crippen molar-refractivity contribution in [3.05, 3.63) is 0 Å². The molecule has 0 spiro atoms. The average Bonchev–Trinajstić information content (AvgIpc) is 2.35. The monoisotopic (exact) mass is 454 g/mol. The van der Waals surface area contributed by atoms with E-state index in [0.29, 0.717) is 17.8 Å². The second kappa shape index (κ2) is 13.5. The van der Waals surface area contributed by atoms with E-state index in [-0.39, 0.29) is 45.1 Å². The van der Waals surface area contributed by atoms with Crippen molar-refractivity contribution in [3.8, 4) is 0 Å². The van der Waals surface area contributed by atoms with Gasteiger partial charge in [-0.15, -0.1) is 0 Å². The van der Waals surface area contributed by atoms with Gasteiger partial charge in [-0.2, -0.15) is 0 Å². The molecule has 25 heavy (non-hydrogen) atoms. The summed E-state index contributed by atoms with van der Waals surface area (Å²) in [6.07, 6.45) is 11.0. The Morgan fingerprint density at radius 1 is 0.560 bits per heavy atom. The van der Waals surface area contributed by atoms with Crippen LogP contribution < -0.4 is 15.3 Å². The zero-order valence-corrected chi connectivity index (χ0v) is 18.0. The molecular weight excluding hydrogens is 427 g/mol. The SMILES string of the molecule is O=C([O-])CC1CCC1.O=C([O-])CC1CCC1.O=C([O-])CC1CCC1.[In+3]. The van der Waals surface area contributed by atoms with Gasteiger partial charge in [0.2, 0.25) is 0 Å². The summed E-state index contributed by atoms with van der Waals surface area (Å²) in [5, 5.41) is 29.7. The summed E-state index contributed by atoms with van der Waals surface area (Å²) in [6, 6.07) is 0. The number of carbonyl (C=O) groups is 3. The van der Waals surface area contributed by atoms with Gasteiger partial charge < -0.3 is 29.7 Å². The van der Waals surface area contributed by atoms with Crippen molar-refractivity contribution in [1.82, 2.24) is 0 Å². The molecule has 0 amide bonds. The molecule has 0 aromatic heterocycles. The number of carboxylic acid groups (broad SMARTS) is 3. The molecule has 0 aromatic carbocycles. The van der Waals surface area contributed by atoms with Crippen LogP contribution in [0.5, 0.6) is 0 Å². The second-order valence-electron chi connectivity index (χ2n) is 7.12. The van der Waals surface area contributed by atoms with E-state index in [1.165, 1.54) is 19.3 Å². The number of carbonyl (C=O) groups excluding carboxylic acids is 3. The van der Waals surface area contributed by atoms with Crippen molar-refractivity contribution in [2.24, 2.45) is 17.8 Å². The number of carboxylic acids is 3. The second-order valence-corrected chi connectivity index (χ2v) is 7.12. The Kier molecular flexibility index (Phi) is 13.1. The Bertz CT molecular complexity index is 352. The van der Waals surface area contributed by atoms with Gasteiger partial charge in [0.25, 0.3) is 0 Å². The predicted octanol–water partition coefficient (Wildman–Crippen LogP) is -0.601. The number of hydrogen-bond acceptors (Lipinski definition) is 6. The van der Waals surface area contributed by atoms with E-state index < -0.39 is 17.9 Å². The Morgan fingerprint density at radius 3 is 0.800 bits per heavy atom. The van der Waals surface area contributed by atoms with Crippen LogP contribution in [0.3, 0.4) is 0 Å². The van der Waals surface area contributed by atoms with E-state index in [1.807, 2.05) is 0 Å². The molecule has 3 rings (SSSR count). The minimum Gasteiger partial charge on any atom is -0.550 e. The molecule has 0 unspecified atom stereocenters. The standard InChI is InChI=1S/3C6H10O2.In/c3*7-6(8)4-5-2-1-3-5;/h3*5H,1-4H2,(H,7,8);/q;;;+3/p-3. The van der Waals surface area contributed by atoms with Crippen molar-refractivity contribution in [1.29, 1.82) is 0 Å². The summed E-state index contributed by atoms with van der Waals surface area (Å²) < 4.78 is 0. The summed E-state index contributed by atoms with van der Waals surface area (Å²) in [7, 11) is 0. The van der Waals surface area contributed by atoms with Crippen molar-refractivity contribution < 1.29 is 29.7 Å². The summed E-state index contributed by atoms with van der Waals surface area (Å²) in [4.78, 5) is 29.7. The van der Waals surface area contributed by atoms with Crippen LogP contribution >= 0.6 is 0 Å². The van der Waals surface area contributed by atoms with Gasteiger partial charge in [0, 0.05) is 17.9 Å². The molecule has 0 heterocycles. The third-order valence-corrected chi connectivity index (χ3v) is 5.04. The maximum absolute atomic E-state index is 9.89. The molecule has 138 valence electrons. The van der Waals surface area contributed by atoms with Crippen LogP contribution in [0.4, 0.5) is 0 Å². The molecule has 3 aliphatic carbocycles. The van der Waals surface area contributed by atoms with E-state index in [9.17, 15) is 29.7 Å². The Morgan fingerprint density at radius 2 is 0.760 bits per heavy atom. The van der Waals surface area contributed by atoms with Crippen LogP contribution in [-0.2, 0) is 14.4 Å². The van der Waals surface area contributed by atoms with E-state index in [1.54, 1.807) is 0 Å². The molecule has 3 saturated carbocycles. The molecule has 0 bridgehead atoms. The maximum atomic E-state index is 9.89. The fraction of sp³-hybridized carbons (Fsp3) is 0.833. The van der Waals surface area contributed by atoms with Gasteiger partial charge in [-0.3, -0.25) is 0 Å². The van der Waals surface area contributed by atoms with Crippen LogP contribution in [0, 0.1) is 17.8 Å². The average molecular weight is 454 g/mol. The maximum Gasteiger partial charge on any atom is 3.00 e. The van der Waals surface area contributed by atoms with Gasteiger partial charge in [0.15, 0.2) is 0 Å². The van der Waals surface area contributed by atoms with E-state index >= 15 is 0 Å². The molecule has 3 fully saturated rings. The first-order chi connectivity index (χ1) is 11.4. The Labute approximate surface area is 168 Å². The first-order valence-corrected chi connectivity index (χ1v) is 8.96. The topological polar surface area (TPSA) is 120 Å². The molecule has 3 aliphatic rings. The summed E-state index contributed by atoms with van der Waals surface area (Å²) in [5.74, 6) is -1.35. The molecule has 0 saturated heterocycles. The van der Waals surface area contributed by atoms with Crippen LogP contribution in [-0.4, -0.2) is 43.8 Å². The fourth-order valence-corrected chi connectivity index (χ4v) is 2.80. The zero-order chi connectivity index (χ0) is 17.9. The van der Waals surface area contributed by atoms with Crippen LogP contribution in [0.2, 0.25) is 0 Å². The summed E-state index contributed by atoms with van der Waals surface area (Å²) in [6.45, 7) is 0. The molecular formula is C18H27InO6. The third-order valence-electron chi connectivity index (χ3n) is 5.04. The number of aliphatic carboxylic acids is 3. The molecule has 7 heteroatoms. The largest absolute Gasteiger partial charge is 3.00 e. The van der Waals surface area contributed by atoms with Crippen molar-refractivity contribution in [3.63, 3.8) is 0 Å². The minimum atomic E-state index is -0.894. The van der Waals surface area contributed by atoms with Crippen LogP contribution in [0.25, 0.3) is 0 Å². The molecule has 6 nitrogen and oxygen atoms in total. The minimum absolute atomic E-state index is 0. The smallest absolute Gasteiger partial charge is 0.550 e. The van der Waals surface area contributed by atoms with Crippen LogP contribution in [0.1, 0.15) is 77.0 Å². The predicted molar refractivity (Wildman–Crippen MR) is 86.6 cm³/mol. The first kappa shape index (κ1) is 24.3. The van der Waals surface area contributed by atoms with Gasteiger partial charge in [-0.1, -0.05) is 57.8 Å². The van der Waals surface area contributed by atoms with Gasteiger partial charge >= 0.3 is 25.8 Å². The summed E-state index contributed by atoms with van der Waals surface area (Å²) in [5.41, 5.74) is 0.